The van der Waals surface area contributed by atoms with Gasteiger partial charge in [-0.25, -0.2) is 0 Å². The van der Waals surface area contributed by atoms with E-state index < -0.39 is 0 Å². The van der Waals surface area contributed by atoms with Crippen molar-refractivity contribution in [3.8, 4) is 11.5 Å². The molecule has 0 saturated heterocycles. The van der Waals surface area contributed by atoms with Crippen molar-refractivity contribution in [3.63, 3.8) is 0 Å². The summed E-state index contributed by atoms with van der Waals surface area (Å²) in [4.78, 5) is 3.95. The van der Waals surface area contributed by atoms with Crippen LogP contribution in [-0.2, 0) is 0 Å². The van der Waals surface area contributed by atoms with E-state index in [1.807, 2.05) is 36.4 Å². The molecule has 0 aliphatic rings. The summed E-state index contributed by atoms with van der Waals surface area (Å²) >= 11 is 0. The first-order valence-corrected chi connectivity index (χ1v) is 6.41. The minimum absolute atomic E-state index is 0.513. The van der Waals surface area contributed by atoms with Crippen LogP contribution in [0.1, 0.15) is 11.5 Å². The molecular formula is C15H13N5O. The molecule has 1 aromatic carbocycles. The minimum Gasteiger partial charge on any atom is -0.421 e. The first-order chi connectivity index (χ1) is 10.3. The molecule has 104 valence electrons. The van der Waals surface area contributed by atoms with E-state index in [0.29, 0.717) is 11.8 Å². The monoisotopic (exact) mass is 279 g/mol. The number of aromatic nitrogens is 3. The first-order valence-electron chi connectivity index (χ1n) is 6.41. The lowest BCUT2D eigenvalue weighted by atomic mass is 10.2. The van der Waals surface area contributed by atoms with E-state index in [2.05, 4.69) is 25.7 Å². The van der Waals surface area contributed by atoms with Gasteiger partial charge in [-0.3, -0.25) is 10.4 Å². The van der Waals surface area contributed by atoms with Crippen LogP contribution < -0.4 is 5.43 Å². The fourth-order valence-corrected chi connectivity index (χ4v) is 1.73. The van der Waals surface area contributed by atoms with Gasteiger partial charge in [0.05, 0.1) is 11.9 Å². The Morgan fingerprint density at radius 2 is 1.81 bits per heavy atom. The van der Waals surface area contributed by atoms with Gasteiger partial charge in [-0.2, -0.15) is 5.10 Å². The van der Waals surface area contributed by atoms with Crippen molar-refractivity contribution < 1.29 is 4.42 Å². The van der Waals surface area contributed by atoms with Gasteiger partial charge in [-0.15, -0.1) is 10.2 Å². The van der Waals surface area contributed by atoms with Gasteiger partial charge in [0.25, 0.3) is 0 Å². The number of anilines is 1. The van der Waals surface area contributed by atoms with Crippen LogP contribution in [0.15, 0.2) is 58.3 Å². The lowest BCUT2D eigenvalue weighted by molar-refractivity contribution is 0.533. The molecule has 2 aromatic heterocycles. The molecule has 6 nitrogen and oxygen atoms in total. The van der Waals surface area contributed by atoms with Crippen LogP contribution in [0.3, 0.4) is 0 Å². The molecule has 21 heavy (non-hydrogen) atoms. The van der Waals surface area contributed by atoms with Crippen molar-refractivity contribution in [2.75, 3.05) is 5.43 Å². The van der Waals surface area contributed by atoms with Crippen molar-refractivity contribution in [3.05, 3.63) is 60.2 Å². The predicted molar refractivity (Wildman–Crippen MR) is 79.9 cm³/mol. The maximum absolute atomic E-state index is 5.37. The fourth-order valence-electron chi connectivity index (χ4n) is 1.73. The zero-order valence-corrected chi connectivity index (χ0v) is 11.4. The first kappa shape index (κ1) is 13.0. The number of nitrogens with zero attached hydrogens (tertiary/aromatic N) is 4. The number of pyridine rings is 1. The molecule has 0 saturated carbocycles. The van der Waals surface area contributed by atoms with Crippen molar-refractivity contribution in [1.82, 2.24) is 15.2 Å². The molecule has 0 radical (unpaired) electrons. The van der Waals surface area contributed by atoms with Crippen LogP contribution in [0, 0.1) is 6.92 Å². The Hall–Kier alpha value is -3.02. The largest absolute Gasteiger partial charge is 0.421 e. The number of hydrogen-bond acceptors (Lipinski definition) is 6. The number of rotatable bonds is 4. The molecule has 6 heteroatoms. The maximum Gasteiger partial charge on any atom is 0.247 e. The molecule has 0 aliphatic heterocycles. The van der Waals surface area contributed by atoms with Crippen molar-refractivity contribution in [1.29, 1.82) is 0 Å². The van der Waals surface area contributed by atoms with Gasteiger partial charge in [-0.1, -0.05) is 0 Å². The second-order valence-electron chi connectivity index (χ2n) is 4.35. The lowest BCUT2D eigenvalue weighted by Gasteiger charge is -2.00. The van der Waals surface area contributed by atoms with Crippen molar-refractivity contribution in [2.24, 2.45) is 5.10 Å². The second-order valence-corrected chi connectivity index (χ2v) is 4.35. The number of benzene rings is 1. The minimum atomic E-state index is 0.513. The zero-order valence-electron chi connectivity index (χ0n) is 11.4. The molecule has 0 atom stereocenters. The molecular weight excluding hydrogens is 266 g/mol. The van der Waals surface area contributed by atoms with E-state index >= 15 is 0 Å². The van der Waals surface area contributed by atoms with E-state index in [1.165, 1.54) is 0 Å². The topological polar surface area (TPSA) is 76.2 Å². The number of aryl methyl sites for hydroxylation is 1. The molecule has 0 spiro atoms. The summed E-state index contributed by atoms with van der Waals surface area (Å²) in [5.41, 5.74) is 5.69. The fraction of sp³-hybridized carbons (Fsp3) is 0.0667. The third-order valence-electron chi connectivity index (χ3n) is 2.77. The van der Waals surface area contributed by atoms with Gasteiger partial charge in [0.2, 0.25) is 11.8 Å². The Morgan fingerprint density at radius 3 is 2.48 bits per heavy atom. The summed E-state index contributed by atoms with van der Waals surface area (Å²) in [7, 11) is 0. The van der Waals surface area contributed by atoms with E-state index in [9.17, 15) is 0 Å². The molecule has 0 bridgehead atoms. The van der Waals surface area contributed by atoms with Crippen molar-refractivity contribution >= 4 is 11.9 Å². The molecule has 3 aromatic rings. The van der Waals surface area contributed by atoms with Gasteiger partial charge in [0, 0.05) is 24.9 Å². The summed E-state index contributed by atoms with van der Waals surface area (Å²) in [6.45, 7) is 1.76. The normalized spacial score (nSPS) is 10.9. The highest BCUT2D eigenvalue weighted by molar-refractivity contribution is 5.79. The van der Waals surface area contributed by atoms with Gasteiger partial charge in [0.1, 0.15) is 0 Å². The number of hydrazone groups is 1. The molecule has 3 rings (SSSR count). The van der Waals surface area contributed by atoms with Crippen LogP contribution >= 0.6 is 0 Å². The van der Waals surface area contributed by atoms with Crippen molar-refractivity contribution in [2.45, 2.75) is 6.92 Å². The Bertz CT molecular complexity index is 734. The predicted octanol–water partition coefficient (Wildman–Crippen LogP) is 2.89. The van der Waals surface area contributed by atoms with Crippen LogP contribution in [0.4, 0.5) is 5.69 Å². The third-order valence-corrected chi connectivity index (χ3v) is 2.77. The van der Waals surface area contributed by atoms with E-state index in [1.54, 1.807) is 25.5 Å². The average molecular weight is 279 g/mol. The number of hydrogen-bond donors (Lipinski definition) is 1. The highest BCUT2D eigenvalue weighted by Gasteiger charge is 2.04. The smallest absolute Gasteiger partial charge is 0.247 e. The number of nitrogens with one attached hydrogen (secondary N) is 1. The standard InChI is InChI=1S/C15H13N5O/c1-11-18-20-15(21-11)13-2-4-14(5-3-13)19-17-10-12-6-8-16-9-7-12/h2-10,19H,1H3/b17-10+. The van der Waals surface area contributed by atoms with Crippen LogP contribution in [-0.4, -0.2) is 21.4 Å². The Morgan fingerprint density at radius 1 is 1.05 bits per heavy atom. The van der Waals surface area contributed by atoms with Gasteiger partial charge in [-0.05, 0) is 42.0 Å². The summed E-state index contributed by atoms with van der Waals surface area (Å²) in [6.07, 6.45) is 5.18. The van der Waals surface area contributed by atoms with Crippen LogP contribution in [0.2, 0.25) is 0 Å². The quantitative estimate of drug-likeness (QED) is 0.587. The van der Waals surface area contributed by atoms with Gasteiger partial charge < -0.3 is 4.42 Å². The molecule has 1 N–H and O–H groups in total. The summed E-state index contributed by atoms with van der Waals surface area (Å²) in [5, 5.41) is 11.9. The van der Waals surface area contributed by atoms with E-state index in [0.717, 1.165) is 16.8 Å². The zero-order chi connectivity index (χ0) is 14.5. The molecule has 0 unspecified atom stereocenters. The van der Waals surface area contributed by atoms with Crippen LogP contribution in [0.5, 0.6) is 0 Å². The summed E-state index contributed by atoms with van der Waals surface area (Å²) < 4.78 is 5.37. The summed E-state index contributed by atoms with van der Waals surface area (Å²) in [6, 6.07) is 11.4. The Kier molecular flexibility index (Phi) is 3.68. The average Bonchev–Trinajstić information content (AvgIpc) is 2.96. The maximum atomic E-state index is 5.37. The Labute approximate surface area is 121 Å². The van der Waals surface area contributed by atoms with E-state index in [4.69, 9.17) is 4.42 Å². The van der Waals surface area contributed by atoms with Gasteiger partial charge >= 0.3 is 0 Å². The Balaban J connectivity index is 1.66. The highest BCUT2D eigenvalue weighted by atomic mass is 16.4. The molecule has 2 heterocycles. The van der Waals surface area contributed by atoms with E-state index in [-0.39, 0.29) is 0 Å². The molecule has 0 aliphatic carbocycles. The molecule has 0 amide bonds. The summed E-state index contributed by atoms with van der Waals surface area (Å²) in [5.74, 6) is 1.06. The van der Waals surface area contributed by atoms with Crippen LogP contribution in [0.25, 0.3) is 11.5 Å². The highest BCUT2D eigenvalue weighted by Crippen LogP contribution is 2.19. The lowest BCUT2D eigenvalue weighted by Crippen LogP contribution is -1.90. The molecule has 0 fully saturated rings. The second kappa shape index (κ2) is 5.96. The van der Waals surface area contributed by atoms with Gasteiger partial charge in [0.15, 0.2) is 0 Å². The SMILES string of the molecule is Cc1nnc(-c2ccc(N/N=C/c3ccncc3)cc2)o1. The third kappa shape index (κ3) is 3.30.